The summed E-state index contributed by atoms with van der Waals surface area (Å²) in [5.74, 6) is 0.375. The summed E-state index contributed by atoms with van der Waals surface area (Å²) in [6.45, 7) is 8.17. The minimum absolute atomic E-state index is 0.375. The normalized spacial score (nSPS) is 13.2. The fourth-order valence-electron chi connectivity index (χ4n) is 0.557. The molecule has 0 radical (unpaired) electrons. The number of rotatable bonds is 4. The van der Waals surface area contributed by atoms with Crippen LogP contribution in [0.15, 0.2) is 29.5 Å². The van der Waals surface area contributed by atoms with Gasteiger partial charge in [0.25, 0.3) is 0 Å². The second-order valence-corrected chi connectivity index (χ2v) is 2.80. The predicted octanol–water partition coefficient (Wildman–Crippen LogP) is 3.80. The van der Waals surface area contributed by atoms with Crippen LogP contribution in [0.2, 0.25) is 0 Å². The van der Waals surface area contributed by atoms with Crippen LogP contribution in [0.4, 0.5) is 0 Å². The summed E-state index contributed by atoms with van der Waals surface area (Å²) in [5.41, 5.74) is 0. The fraction of sp³-hybridized carbons (Fsp3) is 0.583. The Morgan fingerprint density at radius 3 is 2.21 bits per heavy atom. The standard InChI is InChI=1S/C8H15NO.C4H8/c1-4-5-6-8(2)7-9-10-3;1-3-4-2/h5-8H,4H2,1-3H3;3-4H,1-2H3/b6-5+,9-7+;4-3-. The molecule has 0 saturated heterocycles. The van der Waals surface area contributed by atoms with Gasteiger partial charge in [0, 0.05) is 5.92 Å². The zero-order valence-electron chi connectivity index (χ0n) is 10.0. The highest BCUT2D eigenvalue weighted by molar-refractivity contribution is 5.61. The van der Waals surface area contributed by atoms with Gasteiger partial charge in [-0.3, -0.25) is 0 Å². The van der Waals surface area contributed by atoms with Crippen molar-refractivity contribution in [2.75, 3.05) is 7.11 Å². The van der Waals surface area contributed by atoms with Crippen molar-refractivity contribution in [2.24, 2.45) is 11.1 Å². The number of nitrogens with zero attached hydrogens (tertiary/aromatic N) is 1. The van der Waals surface area contributed by atoms with Crippen LogP contribution in [0.3, 0.4) is 0 Å². The first-order chi connectivity index (χ1) is 6.72. The Morgan fingerprint density at radius 2 is 1.86 bits per heavy atom. The summed E-state index contributed by atoms with van der Waals surface area (Å²) in [4.78, 5) is 4.53. The third kappa shape index (κ3) is 17.2. The van der Waals surface area contributed by atoms with E-state index in [0.717, 1.165) is 6.42 Å². The molecule has 0 heterocycles. The molecule has 0 aliphatic rings. The molecule has 0 aromatic carbocycles. The molecule has 0 bridgehead atoms. The average Bonchev–Trinajstić information content (AvgIpc) is 2.23. The molecule has 14 heavy (non-hydrogen) atoms. The molecule has 0 aromatic rings. The molecule has 0 saturated carbocycles. The molecule has 1 unspecified atom stereocenters. The Morgan fingerprint density at radius 1 is 1.29 bits per heavy atom. The number of allylic oxidation sites excluding steroid dienone is 4. The minimum Gasteiger partial charge on any atom is -0.399 e. The topological polar surface area (TPSA) is 21.6 Å². The molecule has 1 atom stereocenters. The van der Waals surface area contributed by atoms with E-state index in [1.54, 1.807) is 13.3 Å². The van der Waals surface area contributed by atoms with Crippen LogP contribution in [0.25, 0.3) is 0 Å². The van der Waals surface area contributed by atoms with E-state index in [-0.39, 0.29) is 0 Å². The highest BCUT2D eigenvalue weighted by Gasteiger charge is 1.87. The van der Waals surface area contributed by atoms with Gasteiger partial charge >= 0.3 is 0 Å². The van der Waals surface area contributed by atoms with Crippen molar-refractivity contribution in [3.05, 3.63) is 24.3 Å². The van der Waals surface area contributed by atoms with Crippen LogP contribution in [0.5, 0.6) is 0 Å². The second-order valence-electron chi connectivity index (χ2n) is 2.80. The van der Waals surface area contributed by atoms with Gasteiger partial charge in [-0.05, 0) is 20.3 Å². The number of hydrogen-bond acceptors (Lipinski definition) is 2. The van der Waals surface area contributed by atoms with Crippen LogP contribution >= 0.6 is 0 Å². The Bertz CT molecular complexity index is 153. The van der Waals surface area contributed by atoms with Gasteiger partial charge in [0.05, 0.1) is 6.21 Å². The molecular formula is C12H23NO. The minimum atomic E-state index is 0.375. The lowest BCUT2D eigenvalue weighted by Gasteiger charge is -1.93. The van der Waals surface area contributed by atoms with Gasteiger partial charge in [0.2, 0.25) is 0 Å². The van der Waals surface area contributed by atoms with E-state index in [9.17, 15) is 0 Å². The van der Waals surface area contributed by atoms with Gasteiger partial charge in [-0.2, -0.15) is 0 Å². The van der Waals surface area contributed by atoms with E-state index in [0.29, 0.717) is 5.92 Å². The first-order valence-corrected chi connectivity index (χ1v) is 5.03. The van der Waals surface area contributed by atoms with Crippen molar-refractivity contribution in [1.29, 1.82) is 0 Å². The Balaban J connectivity index is 0. The molecule has 0 fully saturated rings. The lowest BCUT2D eigenvalue weighted by Crippen LogP contribution is -1.90. The lowest BCUT2D eigenvalue weighted by atomic mass is 10.2. The van der Waals surface area contributed by atoms with E-state index in [1.165, 1.54) is 0 Å². The van der Waals surface area contributed by atoms with Crippen LogP contribution in [-0.2, 0) is 4.84 Å². The zero-order valence-corrected chi connectivity index (χ0v) is 10.0. The maximum atomic E-state index is 4.53. The average molecular weight is 197 g/mol. The van der Waals surface area contributed by atoms with Crippen molar-refractivity contribution in [3.8, 4) is 0 Å². The molecule has 0 spiro atoms. The fourth-order valence-corrected chi connectivity index (χ4v) is 0.557. The Labute approximate surface area is 88.3 Å². The van der Waals surface area contributed by atoms with E-state index >= 15 is 0 Å². The Hall–Kier alpha value is -1.05. The van der Waals surface area contributed by atoms with E-state index in [4.69, 9.17) is 0 Å². The molecule has 0 N–H and O–H groups in total. The van der Waals surface area contributed by atoms with Crippen LogP contribution < -0.4 is 0 Å². The van der Waals surface area contributed by atoms with Gasteiger partial charge in [-0.25, -0.2) is 0 Å². The first-order valence-electron chi connectivity index (χ1n) is 5.03. The zero-order chi connectivity index (χ0) is 11.2. The summed E-state index contributed by atoms with van der Waals surface area (Å²) in [6, 6.07) is 0. The van der Waals surface area contributed by atoms with Crippen molar-refractivity contribution >= 4 is 6.21 Å². The van der Waals surface area contributed by atoms with E-state index < -0.39 is 0 Å². The summed E-state index contributed by atoms with van der Waals surface area (Å²) in [5, 5.41) is 3.65. The molecule has 0 rings (SSSR count). The van der Waals surface area contributed by atoms with Crippen molar-refractivity contribution in [2.45, 2.75) is 34.1 Å². The summed E-state index contributed by atoms with van der Waals surface area (Å²) in [6.07, 6.45) is 11.1. The number of hydrogen-bond donors (Lipinski definition) is 0. The summed E-state index contributed by atoms with van der Waals surface area (Å²) < 4.78 is 0. The van der Waals surface area contributed by atoms with Gasteiger partial charge in [0.1, 0.15) is 7.11 Å². The molecule has 0 aliphatic heterocycles. The predicted molar refractivity (Wildman–Crippen MR) is 64.6 cm³/mol. The quantitative estimate of drug-likeness (QED) is 0.381. The first kappa shape index (κ1) is 15.4. The summed E-state index contributed by atoms with van der Waals surface area (Å²) in [7, 11) is 1.55. The smallest absolute Gasteiger partial charge is 0.106 e. The van der Waals surface area contributed by atoms with Gasteiger partial charge in [-0.15, -0.1) is 0 Å². The maximum Gasteiger partial charge on any atom is 0.106 e. The highest BCUT2D eigenvalue weighted by Crippen LogP contribution is 1.93. The molecule has 82 valence electrons. The molecule has 2 heteroatoms. The van der Waals surface area contributed by atoms with Gasteiger partial charge in [0.15, 0.2) is 0 Å². The lowest BCUT2D eigenvalue weighted by molar-refractivity contribution is 0.214. The highest BCUT2D eigenvalue weighted by atomic mass is 16.6. The monoisotopic (exact) mass is 197 g/mol. The van der Waals surface area contributed by atoms with Gasteiger partial charge < -0.3 is 4.84 Å². The van der Waals surface area contributed by atoms with Crippen molar-refractivity contribution in [1.82, 2.24) is 0 Å². The van der Waals surface area contributed by atoms with Crippen LogP contribution in [-0.4, -0.2) is 13.3 Å². The third-order valence-corrected chi connectivity index (χ3v) is 1.41. The molecular weight excluding hydrogens is 174 g/mol. The SMILES string of the molecule is C/C=C\C.CC/C=C/C(C)/C=N/OC. The molecule has 2 nitrogen and oxygen atoms in total. The maximum absolute atomic E-state index is 4.53. The molecule has 0 aliphatic carbocycles. The molecule has 0 amide bonds. The van der Waals surface area contributed by atoms with Crippen LogP contribution in [0.1, 0.15) is 34.1 Å². The Kier molecular flexibility index (Phi) is 15.9. The van der Waals surface area contributed by atoms with E-state index in [2.05, 4.69) is 36.0 Å². The summed E-state index contributed by atoms with van der Waals surface area (Å²) >= 11 is 0. The van der Waals surface area contributed by atoms with Crippen molar-refractivity contribution < 1.29 is 4.84 Å². The van der Waals surface area contributed by atoms with Crippen molar-refractivity contribution in [3.63, 3.8) is 0 Å². The van der Waals surface area contributed by atoms with Gasteiger partial charge in [-0.1, -0.05) is 43.3 Å². The van der Waals surface area contributed by atoms with Crippen LogP contribution in [0, 0.1) is 5.92 Å². The van der Waals surface area contributed by atoms with E-state index in [1.807, 2.05) is 26.0 Å². The largest absolute Gasteiger partial charge is 0.399 e. The third-order valence-electron chi connectivity index (χ3n) is 1.41. The number of oxime groups is 1. The molecule has 0 aromatic heterocycles. The second kappa shape index (κ2) is 14.5.